The Morgan fingerprint density at radius 1 is 1.36 bits per heavy atom. The van der Waals surface area contributed by atoms with Crippen molar-refractivity contribution in [2.24, 2.45) is 0 Å². The number of hydrogen-bond donors (Lipinski definition) is 2. The molecule has 1 unspecified atom stereocenters. The first kappa shape index (κ1) is 8.38. The molecule has 3 rings (SSSR count). The predicted molar refractivity (Wildman–Crippen MR) is 49.9 cm³/mol. The number of nitrogens with one attached hydrogen (secondary N) is 2. The number of aromatic nitrogens is 3. The molecule has 2 aliphatic rings. The topological polar surface area (TPSA) is 62.8 Å². The summed E-state index contributed by atoms with van der Waals surface area (Å²) in [5.41, 5.74) is 0. The van der Waals surface area contributed by atoms with Crippen LogP contribution in [0.25, 0.3) is 0 Å². The summed E-state index contributed by atoms with van der Waals surface area (Å²) in [6.07, 6.45) is 2.48. The number of nitrogens with zero attached hydrogens (tertiary/aromatic N) is 2. The van der Waals surface area contributed by atoms with Gasteiger partial charge in [-0.05, 0) is 12.8 Å². The summed E-state index contributed by atoms with van der Waals surface area (Å²) in [7, 11) is 0. The maximum atomic E-state index is 5.37. The van der Waals surface area contributed by atoms with Gasteiger partial charge in [0, 0.05) is 12.5 Å². The zero-order valence-electron chi connectivity index (χ0n) is 7.99. The Bertz CT molecular complexity index is 314. The second-order valence-electron chi connectivity index (χ2n) is 3.93. The van der Waals surface area contributed by atoms with Gasteiger partial charge in [0.15, 0.2) is 5.82 Å². The normalized spacial score (nSPS) is 27.9. The Hall–Kier alpha value is -0.940. The van der Waals surface area contributed by atoms with Gasteiger partial charge in [0.05, 0.1) is 19.3 Å². The van der Waals surface area contributed by atoms with E-state index in [4.69, 9.17) is 4.74 Å². The van der Waals surface area contributed by atoms with Crippen LogP contribution in [0.4, 0.5) is 0 Å². The highest BCUT2D eigenvalue weighted by atomic mass is 16.5. The lowest BCUT2D eigenvalue weighted by Gasteiger charge is -2.21. The van der Waals surface area contributed by atoms with E-state index in [0.29, 0.717) is 12.5 Å². The molecule has 1 aromatic heterocycles. The van der Waals surface area contributed by atoms with Gasteiger partial charge in [-0.15, -0.1) is 0 Å². The number of rotatable bonds is 2. The molecule has 1 saturated carbocycles. The van der Waals surface area contributed by atoms with Crippen molar-refractivity contribution in [3.05, 3.63) is 11.6 Å². The molecular weight excluding hydrogens is 180 g/mol. The fourth-order valence-corrected chi connectivity index (χ4v) is 1.71. The zero-order valence-corrected chi connectivity index (χ0v) is 7.99. The maximum absolute atomic E-state index is 5.37. The predicted octanol–water partition coefficient (Wildman–Crippen LogP) is 0.343. The van der Waals surface area contributed by atoms with Gasteiger partial charge >= 0.3 is 0 Å². The van der Waals surface area contributed by atoms with Crippen molar-refractivity contribution < 1.29 is 4.74 Å². The number of ether oxygens (including phenoxy) is 1. The molecule has 1 aromatic rings. The largest absolute Gasteiger partial charge is 0.378 e. The summed E-state index contributed by atoms with van der Waals surface area (Å²) in [6, 6.07) is 0.198. The van der Waals surface area contributed by atoms with Crippen molar-refractivity contribution in [3.8, 4) is 0 Å². The smallest absolute Gasteiger partial charge is 0.153 e. The van der Waals surface area contributed by atoms with E-state index in [9.17, 15) is 0 Å². The van der Waals surface area contributed by atoms with Crippen LogP contribution >= 0.6 is 0 Å². The Kier molecular flexibility index (Phi) is 1.99. The highest BCUT2D eigenvalue weighted by Crippen LogP contribution is 2.38. The van der Waals surface area contributed by atoms with Gasteiger partial charge in [-0.3, -0.25) is 5.10 Å². The minimum Gasteiger partial charge on any atom is -0.378 e. The summed E-state index contributed by atoms with van der Waals surface area (Å²) in [5.74, 6) is 2.52. The van der Waals surface area contributed by atoms with Gasteiger partial charge in [-0.1, -0.05) is 0 Å². The summed E-state index contributed by atoms with van der Waals surface area (Å²) >= 11 is 0. The molecule has 1 aliphatic carbocycles. The summed E-state index contributed by atoms with van der Waals surface area (Å²) < 4.78 is 5.37. The molecule has 0 amide bonds. The molecule has 0 aromatic carbocycles. The van der Waals surface area contributed by atoms with E-state index < -0.39 is 0 Å². The van der Waals surface area contributed by atoms with Crippen LogP contribution in [0.15, 0.2) is 0 Å². The first-order valence-electron chi connectivity index (χ1n) is 5.17. The highest BCUT2D eigenvalue weighted by molar-refractivity contribution is 5.07. The second kappa shape index (κ2) is 3.33. The van der Waals surface area contributed by atoms with Gasteiger partial charge in [0.2, 0.25) is 0 Å². The van der Waals surface area contributed by atoms with Crippen molar-refractivity contribution >= 4 is 0 Å². The number of aromatic amines is 1. The van der Waals surface area contributed by atoms with Gasteiger partial charge in [-0.2, -0.15) is 5.10 Å². The summed E-state index contributed by atoms with van der Waals surface area (Å²) in [5, 5.41) is 10.6. The van der Waals surface area contributed by atoms with Crippen LogP contribution in [-0.4, -0.2) is 34.9 Å². The van der Waals surface area contributed by atoms with E-state index in [2.05, 4.69) is 20.5 Å². The Morgan fingerprint density at radius 3 is 3.00 bits per heavy atom. The third-order valence-electron chi connectivity index (χ3n) is 2.71. The summed E-state index contributed by atoms with van der Waals surface area (Å²) in [6.45, 7) is 2.38. The molecule has 0 spiro atoms. The van der Waals surface area contributed by atoms with Gasteiger partial charge in [0.25, 0.3) is 0 Å². The lowest BCUT2D eigenvalue weighted by molar-refractivity contribution is 0.0743. The van der Waals surface area contributed by atoms with Crippen molar-refractivity contribution in [1.82, 2.24) is 20.5 Å². The standard InChI is InChI=1S/C9H14N4O/c1-2-6(1)8-11-9(13-12-8)7-5-14-4-3-10-7/h6-7,10H,1-5H2,(H,11,12,13). The zero-order chi connectivity index (χ0) is 9.38. The molecule has 1 saturated heterocycles. The van der Waals surface area contributed by atoms with E-state index in [1.165, 1.54) is 12.8 Å². The van der Waals surface area contributed by atoms with Crippen LogP contribution < -0.4 is 5.32 Å². The van der Waals surface area contributed by atoms with Gasteiger partial charge in [-0.25, -0.2) is 4.98 Å². The molecule has 2 heterocycles. The van der Waals surface area contributed by atoms with Crippen LogP contribution in [0.5, 0.6) is 0 Å². The lowest BCUT2D eigenvalue weighted by Crippen LogP contribution is -2.35. The van der Waals surface area contributed by atoms with E-state index in [-0.39, 0.29) is 6.04 Å². The Morgan fingerprint density at radius 2 is 2.29 bits per heavy atom. The molecular formula is C9H14N4O. The van der Waals surface area contributed by atoms with Crippen molar-refractivity contribution in [1.29, 1.82) is 0 Å². The molecule has 1 atom stereocenters. The lowest BCUT2D eigenvalue weighted by atomic mass is 10.2. The average Bonchev–Trinajstić information content (AvgIpc) is 2.98. The van der Waals surface area contributed by atoms with E-state index in [1.54, 1.807) is 0 Å². The first-order chi connectivity index (χ1) is 6.93. The van der Waals surface area contributed by atoms with Crippen molar-refractivity contribution in [2.45, 2.75) is 24.8 Å². The number of hydrogen-bond acceptors (Lipinski definition) is 4. The fraction of sp³-hybridized carbons (Fsp3) is 0.778. The van der Waals surface area contributed by atoms with Gasteiger partial charge in [0.1, 0.15) is 5.82 Å². The quantitative estimate of drug-likeness (QED) is 0.712. The number of H-pyrrole nitrogens is 1. The molecule has 76 valence electrons. The minimum absolute atomic E-state index is 0.198. The molecule has 2 N–H and O–H groups in total. The SMILES string of the molecule is C1COCC(c2nc(C3CC3)n[nH]2)N1. The van der Waals surface area contributed by atoms with Crippen LogP contribution in [0.2, 0.25) is 0 Å². The van der Waals surface area contributed by atoms with Crippen LogP contribution in [0.3, 0.4) is 0 Å². The van der Waals surface area contributed by atoms with Crippen molar-refractivity contribution in [2.75, 3.05) is 19.8 Å². The Labute approximate surface area is 82.3 Å². The monoisotopic (exact) mass is 194 g/mol. The highest BCUT2D eigenvalue weighted by Gasteiger charge is 2.29. The molecule has 5 nitrogen and oxygen atoms in total. The molecule has 0 radical (unpaired) electrons. The summed E-state index contributed by atoms with van der Waals surface area (Å²) in [4.78, 5) is 4.49. The van der Waals surface area contributed by atoms with Crippen LogP contribution in [0, 0.1) is 0 Å². The van der Waals surface area contributed by atoms with Crippen LogP contribution in [-0.2, 0) is 4.74 Å². The minimum atomic E-state index is 0.198. The third-order valence-corrected chi connectivity index (χ3v) is 2.71. The average molecular weight is 194 g/mol. The maximum Gasteiger partial charge on any atom is 0.153 e. The molecule has 0 bridgehead atoms. The molecule has 1 aliphatic heterocycles. The first-order valence-corrected chi connectivity index (χ1v) is 5.17. The molecule has 2 fully saturated rings. The van der Waals surface area contributed by atoms with Crippen LogP contribution in [0.1, 0.15) is 36.5 Å². The van der Waals surface area contributed by atoms with E-state index in [0.717, 1.165) is 24.8 Å². The fourth-order valence-electron chi connectivity index (χ4n) is 1.71. The molecule has 14 heavy (non-hydrogen) atoms. The van der Waals surface area contributed by atoms with E-state index in [1.807, 2.05) is 0 Å². The molecule has 5 heteroatoms. The number of morpholine rings is 1. The third kappa shape index (κ3) is 1.53. The second-order valence-corrected chi connectivity index (χ2v) is 3.93. The Balaban J connectivity index is 1.74. The van der Waals surface area contributed by atoms with Crippen molar-refractivity contribution in [3.63, 3.8) is 0 Å². The van der Waals surface area contributed by atoms with Gasteiger partial charge < -0.3 is 10.1 Å². The van der Waals surface area contributed by atoms with E-state index >= 15 is 0 Å².